The van der Waals surface area contributed by atoms with Crippen molar-refractivity contribution in [2.45, 2.75) is 31.7 Å². The van der Waals surface area contributed by atoms with E-state index in [1.807, 2.05) is 53.1 Å². The lowest BCUT2D eigenvalue weighted by atomic mass is 10.0. The minimum Gasteiger partial charge on any atom is -0.492 e. The van der Waals surface area contributed by atoms with Gasteiger partial charge >= 0.3 is 5.69 Å². The highest BCUT2D eigenvalue weighted by Gasteiger charge is 2.25. The monoisotopic (exact) mass is 458 g/mol. The van der Waals surface area contributed by atoms with Crippen molar-refractivity contribution in [2.75, 3.05) is 39.5 Å². The molecule has 0 bridgehead atoms. The molecular weight excluding hydrogens is 428 g/mol. The van der Waals surface area contributed by atoms with Crippen molar-refractivity contribution in [3.05, 3.63) is 59.0 Å². The average molecular weight is 459 g/mol. The molecule has 1 N–H and O–H groups in total. The predicted octanol–water partition coefficient (Wildman–Crippen LogP) is 4.37. The summed E-state index contributed by atoms with van der Waals surface area (Å²) in [6.07, 6.45) is 4.42. The van der Waals surface area contributed by atoms with Crippen LogP contribution in [0.4, 0.5) is 0 Å². The molecular formula is C27H30N4O3. The summed E-state index contributed by atoms with van der Waals surface area (Å²) in [7, 11) is 0. The van der Waals surface area contributed by atoms with Crippen LogP contribution in [-0.4, -0.2) is 58.9 Å². The van der Waals surface area contributed by atoms with Crippen molar-refractivity contribution in [3.63, 3.8) is 0 Å². The molecule has 1 atom stereocenters. The SMILES string of the molecule is O=c1[nH]c2c(-c3ccccc3OCCN3CCCC3)nc3ccccc3c2n1[C@@H]1CCCOC1. The number of imidazole rings is 1. The Morgan fingerprint density at radius 2 is 1.88 bits per heavy atom. The van der Waals surface area contributed by atoms with Gasteiger partial charge in [-0.2, -0.15) is 0 Å². The Balaban J connectivity index is 1.47. The van der Waals surface area contributed by atoms with Crippen molar-refractivity contribution < 1.29 is 9.47 Å². The normalized spacial score (nSPS) is 19.2. The summed E-state index contributed by atoms with van der Waals surface area (Å²) in [5.74, 6) is 0.792. The third kappa shape index (κ3) is 3.89. The Kier molecular flexibility index (Phi) is 5.81. The van der Waals surface area contributed by atoms with E-state index in [0.29, 0.717) is 13.2 Å². The zero-order valence-electron chi connectivity index (χ0n) is 19.3. The van der Waals surface area contributed by atoms with Crippen LogP contribution >= 0.6 is 0 Å². The Labute approximate surface area is 198 Å². The molecule has 7 heteroatoms. The number of ether oxygens (including phenoxy) is 2. The van der Waals surface area contributed by atoms with Crippen LogP contribution in [0.1, 0.15) is 31.7 Å². The number of aromatic nitrogens is 3. The molecule has 2 aliphatic rings. The summed E-state index contributed by atoms with van der Waals surface area (Å²) >= 11 is 0. The summed E-state index contributed by atoms with van der Waals surface area (Å²) < 4.78 is 13.9. The smallest absolute Gasteiger partial charge is 0.326 e. The van der Waals surface area contributed by atoms with Gasteiger partial charge in [0.1, 0.15) is 18.1 Å². The molecule has 0 spiro atoms. The molecule has 2 aromatic carbocycles. The van der Waals surface area contributed by atoms with Crippen LogP contribution in [0.25, 0.3) is 33.2 Å². The van der Waals surface area contributed by atoms with Crippen molar-refractivity contribution >= 4 is 21.9 Å². The van der Waals surface area contributed by atoms with Gasteiger partial charge in [-0.05, 0) is 57.0 Å². The van der Waals surface area contributed by atoms with Crippen LogP contribution in [0.5, 0.6) is 5.75 Å². The first-order chi connectivity index (χ1) is 16.8. The van der Waals surface area contributed by atoms with Crippen molar-refractivity contribution in [1.29, 1.82) is 0 Å². The second-order valence-corrected chi connectivity index (χ2v) is 9.27. The van der Waals surface area contributed by atoms with Crippen LogP contribution in [0.2, 0.25) is 0 Å². The Morgan fingerprint density at radius 1 is 1.06 bits per heavy atom. The maximum absolute atomic E-state index is 13.3. The van der Waals surface area contributed by atoms with Gasteiger partial charge < -0.3 is 14.5 Å². The van der Waals surface area contributed by atoms with Gasteiger partial charge in [0.25, 0.3) is 0 Å². The Hall–Kier alpha value is -3.16. The molecule has 0 amide bonds. The summed E-state index contributed by atoms with van der Waals surface area (Å²) in [5, 5.41) is 0.970. The fourth-order valence-electron chi connectivity index (χ4n) is 5.38. The topological polar surface area (TPSA) is 72.4 Å². The number of hydrogen-bond acceptors (Lipinski definition) is 5. The molecule has 0 aliphatic carbocycles. The zero-order chi connectivity index (χ0) is 22.9. The molecule has 2 fully saturated rings. The van der Waals surface area contributed by atoms with Crippen LogP contribution in [-0.2, 0) is 4.74 Å². The maximum atomic E-state index is 13.3. The van der Waals surface area contributed by atoms with E-state index >= 15 is 0 Å². The largest absolute Gasteiger partial charge is 0.492 e. The summed E-state index contributed by atoms with van der Waals surface area (Å²) in [5.41, 5.74) is 4.04. The fraction of sp³-hybridized carbons (Fsp3) is 0.407. The highest BCUT2D eigenvalue weighted by atomic mass is 16.5. The fourth-order valence-corrected chi connectivity index (χ4v) is 5.38. The van der Waals surface area contributed by atoms with E-state index in [4.69, 9.17) is 14.5 Å². The minimum absolute atomic E-state index is 0.0145. The molecule has 2 aliphatic heterocycles. The Bertz CT molecular complexity index is 1360. The van der Waals surface area contributed by atoms with Crippen LogP contribution in [0, 0.1) is 0 Å². The van der Waals surface area contributed by atoms with Gasteiger partial charge in [-0.15, -0.1) is 0 Å². The molecule has 34 heavy (non-hydrogen) atoms. The molecule has 7 nitrogen and oxygen atoms in total. The number of para-hydroxylation sites is 2. The molecule has 0 saturated carbocycles. The van der Waals surface area contributed by atoms with Crippen molar-refractivity contribution in [3.8, 4) is 17.0 Å². The van der Waals surface area contributed by atoms with E-state index in [2.05, 4.69) is 9.88 Å². The second kappa shape index (κ2) is 9.24. The van der Waals surface area contributed by atoms with Gasteiger partial charge in [0, 0.05) is 24.1 Å². The van der Waals surface area contributed by atoms with Crippen LogP contribution in [0.3, 0.4) is 0 Å². The molecule has 4 heterocycles. The number of nitrogens with one attached hydrogen (secondary N) is 1. The summed E-state index contributed by atoms with van der Waals surface area (Å²) in [6, 6.07) is 16.1. The van der Waals surface area contributed by atoms with Crippen LogP contribution in [0.15, 0.2) is 53.3 Å². The number of H-pyrrole nitrogens is 1. The zero-order valence-corrected chi connectivity index (χ0v) is 19.3. The number of fused-ring (bicyclic) bond motifs is 3. The Morgan fingerprint density at radius 3 is 2.74 bits per heavy atom. The summed E-state index contributed by atoms with van der Waals surface area (Å²) in [4.78, 5) is 23.9. The van der Waals surface area contributed by atoms with Gasteiger partial charge in [-0.25, -0.2) is 9.78 Å². The maximum Gasteiger partial charge on any atom is 0.326 e. The number of aromatic amines is 1. The van der Waals surface area contributed by atoms with E-state index in [9.17, 15) is 4.79 Å². The van der Waals surface area contributed by atoms with Gasteiger partial charge in [0.15, 0.2) is 0 Å². The highest BCUT2D eigenvalue weighted by molar-refractivity contribution is 6.08. The van der Waals surface area contributed by atoms with E-state index in [1.54, 1.807) is 0 Å². The molecule has 2 saturated heterocycles. The van der Waals surface area contributed by atoms with Crippen LogP contribution < -0.4 is 10.4 Å². The van der Waals surface area contributed by atoms with Gasteiger partial charge in [-0.3, -0.25) is 9.47 Å². The summed E-state index contributed by atoms with van der Waals surface area (Å²) in [6.45, 7) is 5.15. The first-order valence-electron chi connectivity index (χ1n) is 12.3. The lowest BCUT2D eigenvalue weighted by Crippen LogP contribution is -2.28. The highest BCUT2D eigenvalue weighted by Crippen LogP contribution is 2.37. The molecule has 6 rings (SSSR count). The minimum atomic E-state index is -0.114. The standard InChI is InChI=1S/C27H30N4O3/c32-27-29-25-24(21-10-2-4-12-23(21)34-17-15-30-13-5-6-14-30)28-22-11-3-1-9-20(22)26(25)31(27)19-8-7-16-33-18-19/h1-4,9-12,19H,5-8,13-18H2,(H,29,32)/t19-/m1/s1. The van der Waals surface area contributed by atoms with Gasteiger partial charge in [0.2, 0.25) is 0 Å². The third-order valence-corrected chi connectivity index (χ3v) is 7.06. The van der Waals surface area contributed by atoms with Crippen molar-refractivity contribution in [1.82, 2.24) is 19.4 Å². The molecule has 2 aromatic heterocycles. The van der Waals surface area contributed by atoms with E-state index in [-0.39, 0.29) is 11.7 Å². The van der Waals surface area contributed by atoms with E-state index < -0.39 is 0 Å². The van der Waals surface area contributed by atoms with Gasteiger partial charge in [0.05, 0.1) is 29.2 Å². The lowest BCUT2D eigenvalue weighted by Gasteiger charge is -2.23. The second-order valence-electron chi connectivity index (χ2n) is 9.27. The average Bonchev–Trinajstić information content (AvgIpc) is 3.52. The first kappa shape index (κ1) is 21.4. The third-order valence-electron chi connectivity index (χ3n) is 7.06. The van der Waals surface area contributed by atoms with Crippen molar-refractivity contribution in [2.24, 2.45) is 0 Å². The number of hydrogen-bond donors (Lipinski definition) is 1. The first-order valence-corrected chi connectivity index (χ1v) is 12.3. The predicted molar refractivity (Wildman–Crippen MR) is 134 cm³/mol. The number of pyridine rings is 1. The van der Waals surface area contributed by atoms with Gasteiger partial charge in [-0.1, -0.05) is 30.3 Å². The molecule has 176 valence electrons. The molecule has 0 unspecified atom stereocenters. The molecule has 0 radical (unpaired) electrons. The number of benzene rings is 2. The van der Waals surface area contributed by atoms with E-state index in [0.717, 1.165) is 78.0 Å². The number of nitrogens with zero attached hydrogens (tertiary/aromatic N) is 3. The number of likely N-dealkylation sites (tertiary alicyclic amines) is 1. The lowest BCUT2D eigenvalue weighted by molar-refractivity contribution is 0.0595. The van der Waals surface area contributed by atoms with E-state index in [1.165, 1.54) is 12.8 Å². The molecule has 4 aromatic rings. The quantitative estimate of drug-likeness (QED) is 0.465. The number of rotatable bonds is 6.